The number of amides is 1. The van der Waals surface area contributed by atoms with Crippen LogP contribution in [0.1, 0.15) is 25.3 Å². The minimum absolute atomic E-state index is 0.0489. The van der Waals surface area contributed by atoms with Crippen LogP contribution in [0.15, 0.2) is 47.7 Å². The van der Waals surface area contributed by atoms with E-state index in [0.29, 0.717) is 12.0 Å². The summed E-state index contributed by atoms with van der Waals surface area (Å²) < 4.78 is 0. The first-order chi connectivity index (χ1) is 10.8. The summed E-state index contributed by atoms with van der Waals surface area (Å²) in [6, 6.07) is 9.05. The number of nitrogens with zero attached hydrogens (tertiary/aromatic N) is 2. The summed E-state index contributed by atoms with van der Waals surface area (Å²) in [7, 11) is 0. The highest BCUT2D eigenvalue weighted by Gasteiger charge is 2.60. The van der Waals surface area contributed by atoms with Crippen LogP contribution in [0.5, 0.6) is 0 Å². The van der Waals surface area contributed by atoms with Crippen LogP contribution in [0.4, 0.5) is 5.69 Å². The van der Waals surface area contributed by atoms with Gasteiger partial charge in [-0.3, -0.25) is 14.6 Å². The van der Waals surface area contributed by atoms with E-state index in [2.05, 4.69) is 42.2 Å². The fourth-order valence-corrected chi connectivity index (χ4v) is 5.41. The Labute approximate surface area is 130 Å². The molecule has 4 aliphatic rings. The van der Waals surface area contributed by atoms with E-state index in [1.807, 2.05) is 11.0 Å². The quantitative estimate of drug-likeness (QED) is 0.587. The van der Waals surface area contributed by atoms with Gasteiger partial charge in [0.15, 0.2) is 0 Å². The van der Waals surface area contributed by atoms with Crippen LogP contribution in [0.25, 0.3) is 0 Å². The second-order valence-electron chi connectivity index (χ2n) is 6.96. The maximum absolute atomic E-state index is 11.8. The van der Waals surface area contributed by atoms with E-state index in [4.69, 9.17) is 0 Å². The fourth-order valence-electron chi connectivity index (χ4n) is 5.41. The first-order valence-corrected chi connectivity index (χ1v) is 8.25. The van der Waals surface area contributed by atoms with Crippen LogP contribution in [0.3, 0.4) is 0 Å². The van der Waals surface area contributed by atoms with Crippen molar-refractivity contribution in [2.24, 2.45) is 5.92 Å². The molecule has 1 aromatic rings. The van der Waals surface area contributed by atoms with E-state index in [0.717, 1.165) is 31.6 Å². The Morgan fingerprint density at radius 3 is 3.00 bits per heavy atom. The topological polar surface area (TPSA) is 23.6 Å². The van der Waals surface area contributed by atoms with Crippen LogP contribution < -0.4 is 4.90 Å². The fraction of sp³-hybridized carbons (Fsp3) is 0.421. The molecule has 1 amide bonds. The van der Waals surface area contributed by atoms with Crippen molar-refractivity contribution < 1.29 is 4.79 Å². The summed E-state index contributed by atoms with van der Waals surface area (Å²) in [6.45, 7) is 4.38. The molecule has 0 radical (unpaired) electrons. The third-order valence-electron chi connectivity index (χ3n) is 6.34. The second kappa shape index (κ2) is 4.11. The normalized spacial score (nSPS) is 37.0. The standard InChI is InChI=1S/C19H20N2O/c1-2-13-11-20-8-7-19-15-5-3-4-6-16(15)21(12-22)18(19)10-14(13)9-17(19)20/h2-6,10,12,14,17H,7-9,11H2,1H3/b13-2+/t14-,17+,19+/m0/s1. The van der Waals surface area contributed by atoms with Crippen molar-refractivity contribution in [3.05, 3.63) is 53.3 Å². The lowest BCUT2D eigenvalue weighted by atomic mass is 9.64. The van der Waals surface area contributed by atoms with Crippen molar-refractivity contribution in [1.82, 2.24) is 4.90 Å². The van der Waals surface area contributed by atoms with Crippen molar-refractivity contribution in [3.8, 4) is 0 Å². The first kappa shape index (κ1) is 12.7. The molecule has 0 unspecified atom stereocenters. The van der Waals surface area contributed by atoms with Crippen LogP contribution in [0.2, 0.25) is 0 Å². The number of piperidine rings is 1. The van der Waals surface area contributed by atoms with E-state index in [9.17, 15) is 4.79 Å². The molecule has 3 atom stereocenters. The molecule has 5 rings (SSSR count). The van der Waals surface area contributed by atoms with Crippen molar-refractivity contribution in [2.45, 2.75) is 31.2 Å². The van der Waals surface area contributed by atoms with Gasteiger partial charge >= 0.3 is 0 Å². The van der Waals surface area contributed by atoms with E-state index in [-0.39, 0.29) is 5.41 Å². The van der Waals surface area contributed by atoms with Gasteiger partial charge in [0, 0.05) is 30.7 Å². The van der Waals surface area contributed by atoms with E-state index in [1.165, 1.54) is 23.3 Å². The van der Waals surface area contributed by atoms with Gasteiger partial charge in [-0.1, -0.05) is 35.9 Å². The molecule has 2 bridgehead atoms. The van der Waals surface area contributed by atoms with Gasteiger partial charge in [-0.05, 0) is 31.4 Å². The summed E-state index contributed by atoms with van der Waals surface area (Å²) in [5, 5.41) is 0. The maximum Gasteiger partial charge on any atom is 0.218 e. The molecule has 22 heavy (non-hydrogen) atoms. The Morgan fingerprint density at radius 1 is 1.32 bits per heavy atom. The van der Waals surface area contributed by atoms with Gasteiger partial charge in [0.05, 0.1) is 11.1 Å². The Morgan fingerprint density at radius 2 is 2.18 bits per heavy atom. The van der Waals surface area contributed by atoms with Gasteiger partial charge in [-0.15, -0.1) is 0 Å². The van der Waals surface area contributed by atoms with E-state index >= 15 is 0 Å². The molecule has 1 spiro atoms. The summed E-state index contributed by atoms with van der Waals surface area (Å²) in [5.41, 5.74) is 5.27. The summed E-state index contributed by atoms with van der Waals surface area (Å²) >= 11 is 0. The minimum Gasteiger partial charge on any atom is -0.295 e. The number of anilines is 1. The highest BCUT2D eigenvalue weighted by Crippen LogP contribution is 2.60. The number of carbonyl (C=O) groups is 1. The average Bonchev–Trinajstić information content (AvgIpc) is 3.08. The molecular weight excluding hydrogens is 272 g/mol. The van der Waals surface area contributed by atoms with Crippen LogP contribution in [-0.2, 0) is 10.2 Å². The zero-order valence-corrected chi connectivity index (χ0v) is 12.8. The molecule has 1 aromatic carbocycles. The zero-order valence-electron chi connectivity index (χ0n) is 12.8. The molecule has 112 valence electrons. The molecule has 3 nitrogen and oxygen atoms in total. The van der Waals surface area contributed by atoms with Crippen LogP contribution >= 0.6 is 0 Å². The van der Waals surface area contributed by atoms with Crippen molar-refractivity contribution in [3.63, 3.8) is 0 Å². The Kier molecular flexibility index (Phi) is 2.36. The number of hydrogen-bond donors (Lipinski definition) is 0. The predicted octanol–water partition coefficient (Wildman–Crippen LogP) is 2.84. The number of rotatable bonds is 1. The van der Waals surface area contributed by atoms with Gasteiger partial charge in [0.25, 0.3) is 0 Å². The number of para-hydroxylation sites is 1. The minimum atomic E-state index is 0.0489. The summed E-state index contributed by atoms with van der Waals surface area (Å²) in [5.74, 6) is 0.504. The highest BCUT2D eigenvalue weighted by atomic mass is 16.1. The molecule has 3 heterocycles. The summed E-state index contributed by atoms with van der Waals surface area (Å²) in [6.07, 6.45) is 8.01. The van der Waals surface area contributed by atoms with Gasteiger partial charge in [-0.2, -0.15) is 0 Å². The molecule has 2 saturated heterocycles. The van der Waals surface area contributed by atoms with Gasteiger partial charge in [-0.25, -0.2) is 0 Å². The van der Waals surface area contributed by atoms with Gasteiger partial charge < -0.3 is 0 Å². The number of benzene rings is 1. The summed E-state index contributed by atoms with van der Waals surface area (Å²) in [4.78, 5) is 16.4. The van der Waals surface area contributed by atoms with Crippen LogP contribution in [-0.4, -0.2) is 30.4 Å². The zero-order chi connectivity index (χ0) is 14.9. The molecule has 0 N–H and O–H groups in total. The smallest absolute Gasteiger partial charge is 0.218 e. The average molecular weight is 292 g/mol. The first-order valence-electron chi connectivity index (χ1n) is 8.25. The molecule has 1 aliphatic carbocycles. The third kappa shape index (κ3) is 1.25. The number of allylic oxidation sites excluding steroid dienone is 2. The SMILES string of the molecule is C/C=C1\CN2CC[C@]34C(=C[C@@H]1C[C@@H]23)N(C=O)c1ccccc14. The maximum atomic E-state index is 11.8. The molecular formula is C19H20N2O. The lowest BCUT2D eigenvalue weighted by Crippen LogP contribution is -2.51. The van der Waals surface area contributed by atoms with Crippen molar-refractivity contribution in [1.29, 1.82) is 0 Å². The van der Waals surface area contributed by atoms with E-state index in [1.54, 1.807) is 0 Å². The molecule has 3 heteroatoms. The number of carbonyl (C=O) groups excluding carboxylic acids is 1. The number of fused-ring (bicyclic) bond motifs is 2. The second-order valence-corrected chi connectivity index (χ2v) is 6.96. The Balaban J connectivity index is 1.80. The van der Waals surface area contributed by atoms with Crippen molar-refractivity contribution >= 4 is 12.1 Å². The number of hydrogen-bond acceptors (Lipinski definition) is 2. The molecule has 0 aromatic heterocycles. The Hall–Kier alpha value is -1.87. The highest BCUT2D eigenvalue weighted by molar-refractivity contribution is 5.89. The lowest BCUT2D eigenvalue weighted by molar-refractivity contribution is -0.107. The van der Waals surface area contributed by atoms with Gasteiger partial charge in [0.1, 0.15) is 0 Å². The lowest BCUT2D eigenvalue weighted by Gasteiger charge is -2.47. The van der Waals surface area contributed by atoms with Crippen molar-refractivity contribution in [2.75, 3.05) is 18.0 Å². The molecule has 2 fully saturated rings. The monoisotopic (exact) mass is 292 g/mol. The predicted molar refractivity (Wildman–Crippen MR) is 86.6 cm³/mol. The molecule has 3 aliphatic heterocycles. The van der Waals surface area contributed by atoms with Gasteiger partial charge in [0.2, 0.25) is 6.41 Å². The largest absolute Gasteiger partial charge is 0.295 e. The molecule has 0 saturated carbocycles. The third-order valence-corrected chi connectivity index (χ3v) is 6.34. The van der Waals surface area contributed by atoms with Crippen LogP contribution in [0, 0.1) is 5.92 Å². The Bertz CT molecular complexity index is 735. The van der Waals surface area contributed by atoms with E-state index < -0.39 is 0 Å².